The molecule has 2 aromatic carbocycles. The van der Waals surface area contributed by atoms with Gasteiger partial charge in [-0.25, -0.2) is 9.18 Å². The minimum absolute atomic E-state index is 0.118. The number of aryl methyl sites for hydroxylation is 1. The van der Waals surface area contributed by atoms with Crippen molar-refractivity contribution in [1.29, 1.82) is 0 Å². The number of esters is 1. The molecule has 0 heterocycles. The molecule has 0 bridgehead atoms. The molecule has 0 aliphatic heterocycles. The largest absolute Gasteiger partial charge is 0.492 e. The standard InChI is InChI=1S/C32H44ClFO3/c1-3-5-7-8-22-36-31-21-18-27(23-29(31)33)26-16-12-24(13-17-26)10-11-25-14-19-28(20-15-25)37-32(35)30(34)9-6-4-2/h12-13,16-18,21,23,25,28,30H,3-11,14-15,19-20,22H2,1-2H3/t25?,28?,30-/m0/s1. The van der Waals surface area contributed by atoms with Crippen molar-refractivity contribution in [1.82, 2.24) is 0 Å². The van der Waals surface area contributed by atoms with E-state index in [9.17, 15) is 9.18 Å². The maximum Gasteiger partial charge on any atom is 0.340 e. The van der Waals surface area contributed by atoms with Gasteiger partial charge in [-0.3, -0.25) is 0 Å². The Labute approximate surface area is 228 Å². The fourth-order valence-electron chi connectivity index (χ4n) is 5.02. The first-order valence-electron chi connectivity index (χ1n) is 14.4. The molecular weight excluding hydrogens is 487 g/mol. The van der Waals surface area contributed by atoms with Crippen molar-refractivity contribution in [3.05, 3.63) is 53.1 Å². The highest BCUT2D eigenvalue weighted by atomic mass is 35.5. The average Bonchev–Trinajstić information content (AvgIpc) is 2.92. The number of alkyl halides is 1. The molecule has 1 atom stereocenters. The zero-order chi connectivity index (χ0) is 26.5. The van der Waals surface area contributed by atoms with Crippen molar-refractivity contribution in [3.63, 3.8) is 0 Å². The minimum Gasteiger partial charge on any atom is -0.492 e. The monoisotopic (exact) mass is 530 g/mol. The summed E-state index contributed by atoms with van der Waals surface area (Å²) in [7, 11) is 0. The van der Waals surface area contributed by atoms with Gasteiger partial charge in [0.05, 0.1) is 11.6 Å². The van der Waals surface area contributed by atoms with Crippen molar-refractivity contribution >= 4 is 17.6 Å². The van der Waals surface area contributed by atoms with E-state index in [0.717, 1.165) is 74.7 Å². The van der Waals surface area contributed by atoms with Gasteiger partial charge in [0.2, 0.25) is 0 Å². The van der Waals surface area contributed by atoms with Crippen molar-refractivity contribution in [3.8, 4) is 16.9 Å². The van der Waals surface area contributed by atoms with Crippen molar-refractivity contribution in [2.24, 2.45) is 5.92 Å². The third kappa shape index (κ3) is 9.96. The zero-order valence-electron chi connectivity index (χ0n) is 22.7. The maximum absolute atomic E-state index is 13.9. The van der Waals surface area contributed by atoms with E-state index in [2.05, 4.69) is 37.3 Å². The highest BCUT2D eigenvalue weighted by molar-refractivity contribution is 6.32. The normalized spacial score (nSPS) is 18.4. The number of carbonyl (C=O) groups is 1. The Morgan fingerprint density at radius 1 is 0.946 bits per heavy atom. The number of hydrogen-bond acceptors (Lipinski definition) is 3. The molecule has 1 saturated carbocycles. The molecule has 1 fully saturated rings. The quantitative estimate of drug-likeness (QED) is 0.170. The van der Waals surface area contributed by atoms with E-state index in [1.54, 1.807) is 0 Å². The molecule has 5 heteroatoms. The summed E-state index contributed by atoms with van der Waals surface area (Å²) in [5, 5.41) is 0.654. The molecule has 3 nitrogen and oxygen atoms in total. The Hall–Kier alpha value is -2.07. The molecule has 0 N–H and O–H groups in total. The molecule has 1 aliphatic carbocycles. The molecule has 0 saturated heterocycles. The van der Waals surface area contributed by atoms with E-state index in [1.165, 1.54) is 24.8 Å². The van der Waals surface area contributed by atoms with Gasteiger partial charge in [0.1, 0.15) is 11.9 Å². The van der Waals surface area contributed by atoms with Gasteiger partial charge in [0.15, 0.2) is 6.17 Å². The highest BCUT2D eigenvalue weighted by Gasteiger charge is 2.27. The van der Waals surface area contributed by atoms with Crippen LogP contribution in [-0.2, 0) is 16.0 Å². The zero-order valence-corrected chi connectivity index (χ0v) is 23.4. The second-order valence-corrected chi connectivity index (χ2v) is 10.9. The fourth-order valence-corrected chi connectivity index (χ4v) is 5.26. The van der Waals surface area contributed by atoms with Crippen molar-refractivity contribution in [2.75, 3.05) is 6.61 Å². The lowest BCUT2D eigenvalue weighted by atomic mass is 9.83. The fraction of sp³-hybridized carbons (Fsp3) is 0.594. The smallest absolute Gasteiger partial charge is 0.340 e. The van der Waals surface area contributed by atoms with Gasteiger partial charge in [-0.05, 0) is 86.1 Å². The van der Waals surface area contributed by atoms with E-state index < -0.39 is 12.1 Å². The van der Waals surface area contributed by atoms with E-state index >= 15 is 0 Å². The first kappa shape index (κ1) is 29.5. The molecule has 3 rings (SSSR count). The Morgan fingerprint density at radius 2 is 1.65 bits per heavy atom. The predicted octanol–water partition coefficient (Wildman–Crippen LogP) is 9.53. The number of rotatable bonds is 15. The van der Waals surface area contributed by atoms with Gasteiger partial charge in [-0.1, -0.05) is 87.9 Å². The Bertz CT molecular complexity index is 938. The number of carbonyl (C=O) groups excluding carboxylic acids is 1. The SMILES string of the molecule is CCCCCCOc1ccc(-c2ccc(CCC3CCC(OC(=O)[C@@H](F)CCCC)CC3)cc2)cc1Cl. The first-order valence-corrected chi connectivity index (χ1v) is 14.7. The molecular formula is C32H44ClFO3. The summed E-state index contributed by atoms with van der Waals surface area (Å²) in [4.78, 5) is 11.9. The third-order valence-electron chi connectivity index (χ3n) is 7.46. The number of unbranched alkanes of at least 4 members (excludes halogenated alkanes) is 4. The first-order chi connectivity index (χ1) is 18.0. The van der Waals surface area contributed by atoms with Gasteiger partial charge in [0, 0.05) is 0 Å². The van der Waals surface area contributed by atoms with Crippen LogP contribution in [0.2, 0.25) is 5.02 Å². The lowest BCUT2D eigenvalue weighted by Crippen LogP contribution is -2.29. The van der Waals surface area contributed by atoms with Crippen LogP contribution in [0.3, 0.4) is 0 Å². The van der Waals surface area contributed by atoms with Gasteiger partial charge in [0.25, 0.3) is 0 Å². The third-order valence-corrected chi connectivity index (χ3v) is 7.75. The number of ether oxygens (including phenoxy) is 2. The lowest BCUT2D eigenvalue weighted by molar-refractivity contribution is -0.157. The topological polar surface area (TPSA) is 35.5 Å². The summed E-state index contributed by atoms with van der Waals surface area (Å²) < 4.78 is 25.2. The molecule has 0 amide bonds. The van der Waals surface area contributed by atoms with Crippen LogP contribution in [0.5, 0.6) is 5.75 Å². The van der Waals surface area contributed by atoms with Crippen LogP contribution >= 0.6 is 11.6 Å². The van der Waals surface area contributed by atoms with Crippen molar-refractivity contribution in [2.45, 2.75) is 110 Å². The molecule has 0 spiro atoms. The number of benzene rings is 2. The van der Waals surface area contributed by atoms with E-state index in [4.69, 9.17) is 21.1 Å². The Balaban J connectivity index is 1.40. The number of hydrogen-bond donors (Lipinski definition) is 0. The maximum atomic E-state index is 13.9. The van der Waals surface area contributed by atoms with Crippen molar-refractivity contribution < 1.29 is 18.7 Å². The van der Waals surface area contributed by atoms with Gasteiger partial charge < -0.3 is 9.47 Å². The van der Waals surface area contributed by atoms with Crippen LogP contribution in [0.15, 0.2) is 42.5 Å². The second kappa shape index (κ2) is 16.0. The predicted molar refractivity (Wildman–Crippen MR) is 151 cm³/mol. The second-order valence-electron chi connectivity index (χ2n) is 10.5. The van der Waals surface area contributed by atoms with Crippen LogP contribution in [0.25, 0.3) is 11.1 Å². The Morgan fingerprint density at radius 3 is 2.32 bits per heavy atom. The van der Waals surface area contributed by atoms with Crippen LogP contribution < -0.4 is 4.74 Å². The molecule has 2 aromatic rings. The molecule has 0 unspecified atom stereocenters. The summed E-state index contributed by atoms with van der Waals surface area (Å²) in [6.07, 6.45) is 10.9. The molecule has 37 heavy (non-hydrogen) atoms. The molecule has 1 aliphatic rings. The van der Waals surface area contributed by atoms with E-state index in [0.29, 0.717) is 17.5 Å². The average molecular weight is 531 g/mol. The highest BCUT2D eigenvalue weighted by Crippen LogP contribution is 2.32. The molecule has 0 radical (unpaired) electrons. The van der Waals surface area contributed by atoms with E-state index in [1.807, 2.05) is 19.1 Å². The summed E-state index contributed by atoms with van der Waals surface area (Å²) in [5.41, 5.74) is 3.56. The van der Waals surface area contributed by atoms with Crippen LogP contribution in [0.4, 0.5) is 4.39 Å². The summed E-state index contributed by atoms with van der Waals surface area (Å²) in [6.45, 7) is 4.91. The minimum atomic E-state index is -1.47. The van der Waals surface area contributed by atoms with E-state index in [-0.39, 0.29) is 12.5 Å². The lowest BCUT2D eigenvalue weighted by Gasteiger charge is -2.28. The van der Waals surface area contributed by atoms with Crippen LogP contribution in [0, 0.1) is 5.92 Å². The van der Waals surface area contributed by atoms with Crippen LogP contribution in [0.1, 0.15) is 96.5 Å². The van der Waals surface area contributed by atoms with Crippen LogP contribution in [-0.4, -0.2) is 24.9 Å². The number of halogens is 2. The Kier molecular flexibility index (Phi) is 12.8. The molecule has 0 aromatic heterocycles. The van der Waals surface area contributed by atoms with Gasteiger partial charge >= 0.3 is 5.97 Å². The summed E-state index contributed by atoms with van der Waals surface area (Å²) in [5.74, 6) is 0.719. The summed E-state index contributed by atoms with van der Waals surface area (Å²) >= 11 is 6.49. The summed E-state index contributed by atoms with van der Waals surface area (Å²) in [6, 6.07) is 14.8. The van der Waals surface area contributed by atoms with Gasteiger partial charge in [-0.2, -0.15) is 0 Å². The van der Waals surface area contributed by atoms with Gasteiger partial charge in [-0.15, -0.1) is 0 Å². The molecule has 204 valence electrons.